The van der Waals surface area contributed by atoms with Crippen molar-refractivity contribution in [2.24, 2.45) is 0 Å². The number of sulfone groups is 1. The number of benzene rings is 1. The van der Waals surface area contributed by atoms with Crippen molar-refractivity contribution in [2.45, 2.75) is 23.8 Å². The van der Waals surface area contributed by atoms with E-state index in [0.717, 1.165) is 12.7 Å². The lowest BCUT2D eigenvalue weighted by Crippen LogP contribution is -2.33. The topological polar surface area (TPSA) is 131 Å². The highest BCUT2D eigenvalue weighted by molar-refractivity contribution is 7.90. The number of halogens is 1. The van der Waals surface area contributed by atoms with Crippen molar-refractivity contribution >= 4 is 43.9 Å². The molecule has 1 saturated heterocycles. The predicted molar refractivity (Wildman–Crippen MR) is 130 cm³/mol. The summed E-state index contributed by atoms with van der Waals surface area (Å²) in [6, 6.07) is 7.55. The number of aromatic nitrogens is 7. The summed E-state index contributed by atoms with van der Waals surface area (Å²) >= 11 is 6.32. The van der Waals surface area contributed by atoms with Crippen LogP contribution in [0.1, 0.15) is 24.7 Å². The largest absolute Gasteiger partial charge is 0.344 e. The molecular formula is C22H19ClN8O3S. The first-order valence-corrected chi connectivity index (χ1v) is 13.1. The van der Waals surface area contributed by atoms with Crippen molar-refractivity contribution in [1.82, 2.24) is 34.1 Å². The molecule has 1 aliphatic heterocycles. The van der Waals surface area contributed by atoms with Gasteiger partial charge in [0.1, 0.15) is 17.4 Å². The number of rotatable bonds is 4. The Balaban J connectivity index is 1.61. The Hall–Kier alpha value is -3.77. The second-order valence-corrected chi connectivity index (χ2v) is 10.8. The Bertz CT molecular complexity index is 1770. The van der Waals surface area contributed by atoms with Gasteiger partial charge >= 0.3 is 0 Å². The van der Waals surface area contributed by atoms with Crippen LogP contribution in [0, 0.1) is 0 Å². The van der Waals surface area contributed by atoms with E-state index < -0.39 is 15.4 Å². The summed E-state index contributed by atoms with van der Waals surface area (Å²) < 4.78 is 27.4. The summed E-state index contributed by atoms with van der Waals surface area (Å²) in [6.45, 7) is 0.674. The van der Waals surface area contributed by atoms with Gasteiger partial charge in [0.2, 0.25) is 0 Å². The number of nitrogens with zero attached hydrogens (tertiary/aromatic N) is 7. The van der Waals surface area contributed by atoms with Crippen molar-refractivity contribution in [2.75, 3.05) is 17.7 Å². The van der Waals surface area contributed by atoms with Gasteiger partial charge in [-0.3, -0.25) is 9.36 Å². The number of imidazole rings is 1. The number of nitrogens with one attached hydrogen (secondary N) is 1. The number of anilines is 1. The van der Waals surface area contributed by atoms with Gasteiger partial charge in [-0.1, -0.05) is 17.7 Å². The SMILES string of the molecule is CS(=O)(=O)c1cccc(-n2c([C@@H]3CCCN3c3ncnc4[nH]cnc34)nn3ccc(Cl)c3c2=O)c1. The number of aromatic amines is 1. The van der Waals surface area contributed by atoms with E-state index >= 15 is 0 Å². The van der Waals surface area contributed by atoms with Crippen LogP contribution in [-0.4, -0.2) is 55.3 Å². The zero-order valence-electron chi connectivity index (χ0n) is 18.5. The van der Waals surface area contributed by atoms with Crippen molar-refractivity contribution in [3.8, 4) is 5.69 Å². The Morgan fingerprint density at radius 3 is 2.86 bits per heavy atom. The molecule has 0 amide bonds. The Morgan fingerprint density at radius 1 is 1.17 bits per heavy atom. The van der Waals surface area contributed by atoms with Crippen LogP contribution in [-0.2, 0) is 9.84 Å². The first kappa shape index (κ1) is 21.7. The van der Waals surface area contributed by atoms with Crippen LogP contribution < -0.4 is 10.5 Å². The molecule has 1 N–H and O–H groups in total. The fourth-order valence-electron chi connectivity index (χ4n) is 4.62. The second kappa shape index (κ2) is 7.89. The van der Waals surface area contributed by atoms with Crippen LogP contribution in [0.4, 0.5) is 5.82 Å². The summed E-state index contributed by atoms with van der Waals surface area (Å²) in [4.78, 5) is 32.0. The van der Waals surface area contributed by atoms with E-state index in [4.69, 9.17) is 16.7 Å². The third-order valence-corrected chi connectivity index (χ3v) is 7.60. The van der Waals surface area contributed by atoms with E-state index in [-0.39, 0.29) is 21.5 Å². The summed E-state index contributed by atoms with van der Waals surface area (Å²) in [7, 11) is -3.50. The first-order chi connectivity index (χ1) is 16.8. The molecule has 1 fully saturated rings. The fourth-order valence-corrected chi connectivity index (χ4v) is 5.50. The van der Waals surface area contributed by atoms with Crippen LogP contribution in [0.3, 0.4) is 0 Å². The van der Waals surface area contributed by atoms with Crippen molar-refractivity contribution in [3.05, 3.63) is 70.4 Å². The molecule has 35 heavy (non-hydrogen) atoms. The van der Waals surface area contributed by atoms with Gasteiger partial charge in [0.05, 0.1) is 28.0 Å². The molecule has 0 saturated carbocycles. The summed E-state index contributed by atoms with van der Waals surface area (Å²) in [5.74, 6) is 1.08. The minimum absolute atomic E-state index is 0.103. The van der Waals surface area contributed by atoms with Crippen molar-refractivity contribution < 1.29 is 8.42 Å². The molecule has 0 unspecified atom stereocenters. The molecule has 1 atom stereocenters. The Kier molecular flexibility index (Phi) is 4.90. The molecule has 13 heteroatoms. The molecule has 1 aliphatic rings. The van der Waals surface area contributed by atoms with E-state index in [1.165, 1.54) is 27.5 Å². The van der Waals surface area contributed by atoms with E-state index in [0.29, 0.717) is 41.5 Å². The average Bonchev–Trinajstić information content (AvgIpc) is 3.58. The number of hydrogen-bond acceptors (Lipinski definition) is 8. The fraction of sp³-hybridized carbons (Fsp3) is 0.227. The molecule has 5 aromatic rings. The van der Waals surface area contributed by atoms with Gasteiger partial charge in [-0.15, -0.1) is 0 Å². The zero-order chi connectivity index (χ0) is 24.3. The third kappa shape index (κ3) is 3.48. The molecule has 0 bridgehead atoms. The van der Waals surface area contributed by atoms with Gasteiger partial charge in [0.15, 0.2) is 27.1 Å². The molecule has 178 valence electrons. The van der Waals surface area contributed by atoms with E-state index in [2.05, 4.69) is 24.8 Å². The number of hydrogen-bond donors (Lipinski definition) is 1. The van der Waals surface area contributed by atoms with E-state index in [1.807, 2.05) is 0 Å². The lowest BCUT2D eigenvalue weighted by atomic mass is 10.2. The molecular weight excluding hydrogens is 492 g/mol. The molecule has 1 aromatic carbocycles. The minimum Gasteiger partial charge on any atom is -0.344 e. The second-order valence-electron chi connectivity index (χ2n) is 8.37. The van der Waals surface area contributed by atoms with Crippen LogP contribution >= 0.6 is 11.6 Å². The highest BCUT2D eigenvalue weighted by Gasteiger charge is 2.34. The minimum atomic E-state index is -3.50. The Labute approximate surface area is 204 Å². The smallest absolute Gasteiger partial charge is 0.284 e. The van der Waals surface area contributed by atoms with Gasteiger partial charge in [0.25, 0.3) is 5.56 Å². The van der Waals surface area contributed by atoms with Gasteiger partial charge in [-0.2, -0.15) is 5.10 Å². The first-order valence-electron chi connectivity index (χ1n) is 10.8. The maximum Gasteiger partial charge on any atom is 0.284 e. The highest BCUT2D eigenvalue weighted by Crippen LogP contribution is 2.37. The van der Waals surface area contributed by atoms with Gasteiger partial charge in [0, 0.05) is 19.0 Å². The monoisotopic (exact) mass is 510 g/mol. The maximum atomic E-state index is 13.8. The molecule has 4 aromatic heterocycles. The molecule has 0 radical (unpaired) electrons. The summed E-state index contributed by atoms with van der Waals surface area (Å²) in [5.41, 5.74) is 1.44. The van der Waals surface area contributed by atoms with Crippen LogP contribution in [0.25, 0.3) is 22.4 Å². The molecule has 6 rings (SSSR count). The number of H-pyrrole nitrogens is 1. The molecule has 0 aliphatic carbocycles. The summed E-state index contributed by atoms with van der Waals surface area (Å²) in [6.07, 6.45) is 7.33. The standard InChI is InChI=1S/C22H19ClN8O3S/c1-35(33,34)14-5-2-4-13(10-14)31-20(28-30-9-7-15(23)18(30)22(31)32)16-6-3-8-29(16)21-17-19(25-11-24-17)26-12-27-21/h2,4-5,7,9-12,16H,3,6,8H2,1H3,(H,24,25,26,27)/t16-/m0/s1. The van der Waals surface area contributed by atoms with E-state index in [9.17, 15) is 13.2 Å². The molecule has 5 heterocycles. The average molecular weight is 511 g/mol. The summed E-state index contributed by atoms with van der Waals surface area (Å²) in [5, 5.41) is 5.05. The third-order valence-electron chi connectivity index (χ3n) is 6.19. The predicted octanol–water partition coefficient (Wildman–Crippen LogP) is 2.55. The molecule has 0 spiro atoms. The Morgan fingerprint density at radius 2 is 2.03 bits per heavy atom. The zero-order valence-corrected chi connectivity index (χ0v) is 20.0. The molecule has 11 nitrogen and oxygen atoms in total. The quantitative estimate of drug-likeness (QED) is 0.390. The van der Waals surface area contributed by atoms with Crippen LogP contribution in [0.15, 0.2) is 58.9 Å². The van der Waals surface area contributed by atoms with Crippen molar-refractivity contribution in [1.29, 1.82) is 0 Å². The highest BCUT2D eigenvalue weighted by atomic mass is 35.5. The lowest BCUT2D eigenvalue weighted by Gasteiger charge is -2.27. The van der Waals surface area contributed by atoms with Crippen LogP contribution in [0.5, 0.6) is 0 Å². The maximum absolute atomic E-state index is 13.8. The number of fused-ring (bicyclic) bond motifs is 2. The normalized spacial score (nSPS) is 16.5. The van der Waals surface area contributed by atoms with Crippen molar-refractivity contribution in [3.63, 3.8) is 0 Å². The van der Waals surface area contributed by atoms with E-state index in [1.54, 1.807) is 30.7 Å². The van der Waals surface area contributed by atoms with Gasteiger partial charge < -0.3 is 9.88 Å². The van der Waals surface area contributed by atoms with Gasteiger partial charge in [-0.05, 0) is 37.1 Å². The lowest BCUT2D eigenvalue weighted by molar-refractivity contribution is 0.598. The van der Waals surface area contributed by atoms with Crippen LogP contribution in [0.2, 0.25) is 5.02 Å². The van der Waals surface area contributed by atoms with Gasteiger partial charge in [-0.25, -0.2) is 27.9 Å².